The molecule has 5 heteroatoms. The Kier molecular flexibility index (Phi) is 5.70. The molecule has 1 aliphatic rings. The Labute approximate surface area is 127 Å². The molecule has 1 heterocycles. The molecule has 1 N–H and O–H groups in total. The molecule has 1 aliphatic heterocycles. The minimum Gasteiger partial charge on any atom is -0.493 e. The molecule has 2 rings (SSSR count). The van der Waals surface area contributed by atoms with Crippen LogP contribution in [0.5, 0.6) is 17.2 Å². The van der Waals surface area contributed by atoms with Crippen molar-refractivity contribution >= 4 is 0 Å². The van der Waals surface area contributed by atoms with E-state index in [4.69, 9.17) is 14.2 Å². The predicted molar refractivity (Wildman–Crippen MR) is 83.1 cm³/mol. The molecular formula is C16H26N2O3. The van der Waals surface area contributed by atoms with Crippen LogP contribution >= 0.6 is 0 Å². The first-order valence-corrected chi connectivity index (χ1v) is 7.50. The molecule has 1 aromatic carbocycles. The summed E-state index contributed by atoms with van der Waals surface area (Å²) >= 11 is 0. The van der Waals surface area contributed by atoms with E-state index in [9.17, 15) is 0 Å². The summed E-state index contributed by atoms with van der Waals surface area (Å²) in [4.78, 5) is 0. The lowest BCUT2D eigenvalue weighted by Gasteiger charge is -2.30. The van der Waals surface area contributed by atoms with E-state index in [2.05, 4.69) is 17.4 Å². The molecule has 0 saturated carbocycles. The van der Waals surface area contributed by atoms with Crippen molar-refractivity contribution in [2.75, 3.05) is 34.4 Å². The Hall–Kier alpha value is -1.46. The van der Waals surface area contributed by atoms with Gasteiger partial charge in [-0.25, -0.2) is 10.4 Å². The highest BCUT2D eigenvalue weighted by Crippen LogP contribution is 2.39. The summed E-state index contributed by atoms with van der Waals surface area (Å²) in [5.41, 5.74) is 4.68. The fourth-order valence-electron chi connectivity index (χ4n) is 2.72. The van der Waals surface area contributed by atoms with Crippen LogP contribution in [0.2, 0.25) is 0 Å². The highest BCUT2D eigenvalue weighted by molar-refractivity contribution is 5.54. The van der Waals surface area contributed by atoms with Gasteiger partial charge in [0.2, 0.25) is 5.75 Å². The van der Waals surface area contributed by atoms with Gasteiger partial charge in [-0.05, 0) is 37.5 Å². The molecule has 0 bridgehead atoms. The van der Waals surface area contributed by atoms with Crippen LogP contribution in [0.1, 0.15) is 37.8 Å². The van der Waals surface area contributed by atoms with Gasteiger partial charge in [-0.2, -0.15) is 0 Å². The molecule has 0 spiro atoms. The summed E-state index contributed by atoms with van der Waals surface area (Å²) in [5.74, 6) is 2.02. The maximum Gasteiger partial charge on any atom is 0.203 e. The number of rotatable bonds is 6. The second kappa shape index (κ2) is 7.52. The van der Waals surface area contributed by atoms with Crippen LogP contribution in [0.25, 0.3) is 0 Å². The molecule has 0 aromatic heterocycles. The average Bonchev–Trinajstić information content (AvgIpc) is 2.54. The molecule has 1 aromatic rings. The third-order valence-electron chi connectivity index (χ3n) is 3.92. The Bertz CT molecular complexity index is 434. The fourth-order valence-corrected chi connectivity index (χ4v) is 2.72. The van der Waals surface area contributed by atoms with Crippen molar-refractivity contribution in [3.63, 3.8) is 0 Å². The molecule has 1 atom stereocenters. The topological polar surface area (TPSA) is 43.0 Å². The van der Waals surface area contributed by atoms with Crippen LogP contribution in [-0.2, 0) is 0 Å². The maximum absolute atomic E-state index is 5.41. The third kappa shape index (κ3) is 3.80. The Morgan fingerprint density at radius 2 is 1.52 bits per heavy atom. The monoisotopic (exact) mass is 294 g/mol. The van der Waals surface area contributed by atoms with Gasteiger partial charge in [0.1, 0.15) is 0 Å². The molecule has 0 amide bonds. The van der Waals surface area contributed by atoms with E-state index in [1.165, 1.54) is 19.3 Å². The van der Waals surface area contributed by atoms with E-state index in [1.54, 1.807) is 21.3 Å². The number of hydrazine groups is 1. The van der Waals surface area contributed by atoms with E-state index in [0.717, 1.165) is 18.7 Å². The van der Waals surface area contributed by atoms with Crippen LogP contribution < -0.4 is 19.6 Å². The molecule has 1 fully saturated rings. The quantitative estimate of drug-likeness (QED) is 0.874. The minimum atomic E-state index is 0.191. The molecule has 0 aliphatic carbocycles. The minimum absolute atomic E-state index is 0.191. The molecule has 5 nitrogen and oxygen atoms in total. The van der Waals surface area contributed by atoms with Gasteiger partial charge in [0.05, 0.1) is 21.3 Å². The Balaban J connectivity index is 2.17. The Morgan fingerprint density at radius 3 is 2.00 bits per heavy atom. The third-order valence-corrected chi connectivity index (χ3v) is 3.92. The summed E-state index contributed by atoms with van der Waals surface area (Å²) < 4.78 is 16.2. The molecule has 1 unspecified atom stereocenters. The number of hydrogen-bond acceptors (Lipinski definition) is 5. The van der Waals surface area contributed by atoms with Gasteiger partial charge < -0.3 is 14.2 Å². The zero-order valence-corrected chi connectivity index (χ0v) is 13.4. The second-order valence-electron chi connectivity index (χ2n) is 5.36. The van der Waals surface area contributed by atoms with E-state index < -0.39 is 0 Å². The number of nitrogens with one attached hydrogen (secondary N) is 1. The number of hydrogen-bond donors (Lipinski definition) is 1. The SMILES string of the molecule is COc1cc(C(C)NN2CCCCC2)cc(OC)c1OC. The number of piperidine rings is 1. The fraction of sp³-hybridized carbons (Fsp3) is 0.625. The van der Waals surface area contributed by atoms with Crippen molar-refractivity contribution in [1.29, 1.82) is 0 Å². The zero-order chi connectivity index (χ0) is 15.2. The summed E-state index contributed by atoms with van der Waals surface area (Å²) in [7, 11) is 4.91. The van der Waals surface area contributed by atoms with Crippen molar-refractivity contribution < 1.29 is 14.2 Å². The lowest BCUT2D eigenvalue weighted by Crippen LogP contribution is -2.42. The summed E-state index contributed by atoms with van der Waals surface area (Å²) in [6.45, 7) is 4.36. The lowest BCUT2D eigenvalue weighted by atomic mass is 10.1. The molecule has 118 valence electrons. The number of methoxy groups -OCH3 is 3. The van der Waals surface area contributed by atoms with Crippen molar-refractivity contribution in [3.8, 4) is 17.2 Å². The largest absolute Gasteiger partial charge is 0.493 e. The van der Waals surface area contributed by atoms with E-state index in [0.29, 0.717) is 17.2 Å². The van der Waals surface area contributed by atoms with Gasteiger partial charge in [-0.15, -0.1) is 0 Å². The summed E-state index contributed by atoms with van der Waals surface area (Å²) in [5, 5.41) is 2.30. The average molecular weight is 294 g/mol. The lowest BCUT2D eigenvalue weighted by molar-refractivity contribution is 0.133. The summed E-state index contributed by atoms with van der Waals surface area (Å²) in [6.07, 6.45) is 3.85. The highest BCUT2D eigenvalue weighted by Gasteiger charge is 2.18. The van der Waals surface area contributed by atoms with Crippen molar-refractivity contribution in [1.82, 2.24) is 10.4 Å². The first-order valence-electron chi connectivity index (χ1n) is 7.50. The normalized spacial score (nSPS) is 17.3. The highest BCUT2D eigenvalue weighted by atomic mass is 16.5. The van der Waals surface area contributed by atoms with E-state index in [1.807, 2.05) is 12.1 Å². The van der Waals surface area contributed by atoms with Gasteiger partial charge in [-0.1, -0.05) is 6.42 Å². The summed E-state index contributed by atoms with van der Waals surface area (Å²) in [6, 6.07) is 4.20. The molecule has 0 radical (unpaired) electrons. The standard InChI is InChI=1S/C16H26N2O3/c1-12(17-18-8-6-5-7-9-18)13-10-14(19-2)16(21-4)15(11-13)20-3/h10-12,17H,5-9H2,1-4H3. The van der Waals surface area contributed by atoms with Gasteiger partial charge in [-0.3, -0.25) is 0 Å². The first-order chi connectivity index (χ1) is 10.2. The second-order valence-corrected chi connectivity index (χ2v) is 5.36. The van der Waals surface area contributed by atoms with Gasteiger partial charge >= 0.3 is 0 Å². The van der Waals surface area contributed by atoms with E-state index in [-0.39, 0.29) is 6.04 Å². The number of benzene rings is 1. The van der Waals surface area contributed by atoms with Crippen LogP contribution in [0.3, 0.4) is 0 Å². The van der Waals surface area contributed by atoms with Crippen LogP contribution in [0, 0.1) is 0 Å². The van der Waals surface area contributed by atoms with Gasteiger partial charge in [0.25, 0.3) is 0 Å². The molecular weight excluding hydrogens is 268 g/mol. The Morgan fingerprint density at radius 1 is 0.952 bits per heavy atom. The maximum atomic E-state index is 5.41. The molecule has 1 saturated heterocycles. The molecule has 21 heavy (non-hydrogen) atoms. The van der Waals surface area contributed by atoms with Crippen molar-refractivity contribution in [3.05, 3.63) is 17.7 Å². The van der Waals surface area contributed by atoms with E-state index >= 15 is 0 Å². The smallest absolute Gasteiger partial charge is 0.203 e. The number of ether oxygens (including phenoxy) is 3. The van der Waals surface area contributed by atoms with Crippen molar-refractivity contribution in [2.45, 2.75) is 32.2 Å². The predicted octanol–water partition coefficient (Wildman–Crippen LogP) is 2.76. The van der Waals surface area contributed by atoms with Crippen LogP contribution in [-0.4, -0.2) is 39.4 Å². The van der Waals surface area contributed by atoms with Crippen LogP contribution in [0.15, 0.2) is 12.1 Å². The van der Waals surface area contributed by atoms with Crippen molar-refractivity contribution in [2.24, 2.45) is 0 Å². The first kappa shape index (κ1) is 15.9. The number of nitrogens with zero attached hydrogens (tertiary/aromatic N) is 1. The van der Waals surface area contributed by atoms with Gasteiger partial charge in [0, 0.05) is 19.1 Å². The van der Waals surface area contributed by atoms with Gasteiger partial charge in [0.15, 0.2) is 11.5 Å². The zero-order valence-electron chi connectivity index (χ0n) is 13.4. The van der Waals surface area contributed by atoms with Crippen LogP contribution in [0.4, 0.5) is 0 Å².